The van der Waals surface area contributed by atoms with E-state index in [4.69, 9.17) is 18.9 Å². The molecule has 1 aromatic carbocycles. The van der Waals surface area contributed by atoms with Gasteiger partial charge < -0.3 is 18.9 Å². The van der Waals surface area contributed by atoms with Crippen LogP contribution in [-0.4, -0.2) is 41.0 Å². The van der Waals surface area contributed by atoms with Crippen molar-refractivity contribution >= 4 is 12.6 Å². The van der Waals surface area contributed by atoms with E-state index in [2.05, 4.69) is 0 Å². The smallest absolute Gasteiger partial charge is 0.157 e. The molecule has 0 radical (unpaired) electrons. The van der Waals surface area contributed by atoms with Gasteiger partial charge in [0.05, 0.1) is 44.6 Å². The van der Waals surface area contributed by atoms with Crippen LogP contribution in [0, 0.1) is 0 Å². The van der Waals surface area contributed by atoms with Gasteiger partial charge in [-0.3, -0.25) is 9.59 Å². The summed E-state index contributed by atoms with van der Waals surface area (Å²) in [6, 6.07) is 0. The van der Waals surface area contributed by atoms with E-state index in [0.717, 1.165) is 0 Å². The molecule has 0 N–H and O–H groups in total. The Morgan fingerprint density at radius 2 is 1.21 bits per heavy atom. The molecule has 19 heavy (non-hydrogen) atoms. The van der Waals surface area contributed by atoms with E-state index in [1.54, 1.807) is 0 Å². The molecule has 0 aliphatic carbocycles. The molecule has 1 rings (SSSR count). The summed E-state index contributed by atoms with van der Waals surface area (Å²) in [5.74, 6) is 0.672. The third-order valence-electron chi connectivity index (χ3n) is 2.66. The average Bonchev–Trinajstić information content (AvgIpc) is 2.45. The minimum atomic E-state index is 0.124. The molecule has 104 valence electrons. The first-order valence-electron chi connectivity index (χ1n) is 5.44. The Hall–Kier alpha value is -2.08. The summed E-state index contributed by atoms with van der Waals surface area (Å²) in [6.45, 7) is 0.137. The van der Waals surface area contributed by atoms with E-state index in [9.17, 15) is 9.59 Å². The standard InChI is InChI=1S/C13H16O6/c1-16-7-10-12(18-3)8(5-14)11(17-2)9(6-15)13(10)19-4/h5-6H,7H2,1-4H3. The first kappa shape index (κ1) is 15.0. The summed E-state index contributed by atoms with van der Waals surface area (Å²) in [6.07, 6.45) is 1.15. The van der Waals surface area contributed by atoms with Crippen molar-refractivity contribution in [1.82, 2.24) is 0 Å². The molecule has 0 bridgehead atoms. The second kappa shape index (κ2) is 6.75. The van der Waals surface area contributed by atoms with Crippen LogP contribution in [0.4, 0.5) is 0 Å². The van der Waals surface area contributed by atoms with E-state index < -0.39 is 0 Å². The molecule has 0 atom stereocenters. The van der Waals surface area contributed by atoms with Crippen LogP contribution in [0.1, 0.15) is 26.3 Å². The molecule has 0 amide bonds. The first-order valence-corrected chi connectivity index (χ1v) is 5.44. The molecule has 0 unspecified atom stereocenters. The van der Waals surface area contributed by atoms with Crippen molar-refractivity contribution in [3.63, 3.8) is 0 Å². The van der Waals surface area contributed by atoms with Crippen LogP contribution < -0.4 is 14.2 Å². The van der Waals surface area contributed by atoms with E-state index in [1.807, 2.05) is 0 Å². The quantitative estimate of drug-likeness (QED) is 0.698. The van der Waals surface area contributed by atoms with Crippen LogP contribution in [0.2, 0.25) is 0 Å². The van der Waals surface area contributed by atoms with Gasteiger partial charge in [0.1, 0.15) is 17.2 Å². The molecule has 0 fully saturated rings. The fourth-order valence-electron chi connectivity index (χ4n) is 1.96. The number of hydrogen-bond acceptors (Lipinski definition) is 6. The summed E-state index contributed by atoms with van der Waals surface area (Å²) in [5.41, 5.74) is 0.789. The zero-order valence-electron chi connectivity index (χ0n) is 11.3. The molecular formula is C13H16O6. The van der Waals surface area contributed by atoms with Gasteiger partial charge in [0, 0.05) is 7.11 Å². The van der Waals surface area contributed by atoms with Crippen molar-refractivity contribution in [1.29, 1.82) is 0 Å². The highest BCUT2D eigenvalue weighted by atomic mass is 16.5. The molecule has 0 saturated heterocycles. The van der Waals surface area contributed by atoms with Crippen LogP contribution in [0.3, 0.4) is 0 Å². The Labute approximate surface area is 111 Å². The Morgan fingerprint density at radius 3 is 1.47 bits per heavy atom. The molecule has 1 aromatic rings. The molecule has 0 aliphatic rings. The molecule has 6 nitrogen and oxygen atoms in total. The molecule has 0 spiro atoms. The molecule has 6 heteroatoms. The minimum absolute atomic E-state index is 0.124. The molecule has 0 heterocycles. The maximum absolute atomic E-state index is 11.2. The van der Waals surface area contributed by atoms with Crippen LogP contribution >= 0.6 is 0 Å². The maximum Gasteiger partial charge on any atom is 0.157 e. The third-order valence-corrected chi connectivity index (χ3v) is 2.66. The Bertz CT molecular complexity index is 444. The lowest BCUT2D eigenvalue weighted by atomic mass is 10.0. The van der Waals surface area contributed by atoms with E-state index in [-0.39, 0.29) is 35.0 Å². The van der Waals surface area contributed by atoms with Crippen LogP contribution in [0.5, 0.6) is 17.2 Å². The summed E-state index contributed by atoms with van der Waals surface area (Å²) in [4.78, 5) is 22.5. The van der Waals surface area contributed by atoms with Crippen molar-refractivity contribution < 1.29 is 28.5 Å². The van der Waals surface area contributed by atoms with Gasteiger partial charge >= 0.3 is 0 Å². The summed E-state index contributed by atoms with van der Waals surface area (Å²) in [7, 11) is 5.69. The largest absolute Gasteiger partial charge is 0.495 e. The number of hydrogen-bond donors (Lipinski definition) is 0. The fourth-order valence-corrected chi connectivity index (χ4v) is 1.96. The average molecular weight is 268 g/mol. The Balaban J connectivity index is 3.79. The van der Waals surface area contributed by atoms with Crippen LogP contribution in [0.15, 0.2) is 0 Å². The number of rotatable bonds is 7. The third kappa shape index (κ3) is 2.53. The van der Waals surface area contributed by atoms with Crippen molar-refractivity contribution in [2.24, 2.45) is 0 Å². The van der Waals surface area contributed by atoms with Crippen LogP contribution in [0.25, 0.3) is 0 Å². The van der Waals surface area contributed by atoms with Crippen molar-refractivity contribution in [2.45, 2.75) is 6.61 Å². The molecule has 0 saturated carbocycles. The zero-order valence-corrected chi connectivity index (χ0v) is 11.3. The lowest BCUT2D eigenvalue weighted by Gasteiger charge is -2.19. The normalized spacial score (nSPS) is 9.89. The highest BCUT2D eigenvalue weighted by Gasteiger charge is 2.25. The number of carbonyl (C=O) groups excluding carboxylic acids is 2. The molecule has 0 aliphatic heterocycles. The zero-order chi connectivity index (χ0) is 14.4. The number of methoxy groups -OCH3 is 4. The minimum Gasteiger partial charge on any atom is -0.495 e. The molecule has 0 aromatic heterocycles. The number of ether oxygens (including phenoxy) is 4. The fraction of sp³-hybridized carbons (Fsp3) is 0.385. The lowest BCUT2D eigenvalue weighted by molar-refractivity contribution is 0.111. The number of aldehydes is 2. The highest BCUT2D eigenvalue weighted by molar-refractivity contribution is 5.95. The first-order chi connectivity index (χ1) is 9.19. The van der Waals surface area contributed by atoms with Gasteiger partial charge in [-0.05, 0) is 0 Å². The van der Waals surface area contributed by atoms with E-state index in [1.165, 1.54) is 28.4 Å². The topological polar surface area (TPSA) is 71.1 Å². The second-order valence-electron chi connectivity index (χ2n) is 3.57. The van der Waals surface area contributed by atoms with Crippen molar-refractivity contribution in [3.05, 3.63) is 16.7 Å². The molecular weight excluding hydrogens is 252 g/mol. The predicted molar refractivity (Wildman–Crippen MR) is 67.6 cm³/mol. The van der Waals surface area contributed by atoms with E-state index >= 15 is 0 Å². The van der Waals surface area contributed by atoms with Crippen LogP contribution in [-0.2, 0) is 11.3 Å². The van der Waals surface area contributed by atoms with Gasteiger partial charge in [0.15, 0.2) is 12.6 Å². The van der Waals surface area contributed by atoms with Crippen molar-refractivity contribution in [2.75, 3.05) is 28.4 Å². The maximum atomic E-state index is 11.2. The van der Waals surface area contributed by atoms with Gasteiger partial charge in [-0.2, -0.15) is 0 Å². The van der Waals surface area contributed by atoms with Gasteiger partial charge in [-0.1, -0.05) is 0 Å². The number of carbonyl (C=O) groups is 2. The second-order valence-corrected chi connectivity index (χ2v) is 3.57. The van der Waals surface area contributed by atoms with Gasteiger partial charge in [0.25, 0.3) is 0 Å². The summed E-state index contributed by atoms with van der Waals surface area (Å²) < 4.78 is 20.6. The lowest BCUT2D eigenvalue weighted by Crippen LogP contribution is -2.08. The monoisotopic (exact) mass is 268 g/mol. The summed E-state index contributed by atoms with van der Waals surface area (Å²) in [5, 5.41) is 0. The van der Waals surface area contributed by atoms with E-state index in [0.29, 0.717) is 18.1 Å². The highest BCUT2D eigenvalue weighted by Crippen LogP contribution is 2.42. The Kier molecular flexibility index (Phi) is 5.32. The van der Waals surface area contributed by atoms with Gasteiger partial charge in [-0.15, -0.1) is 0 Å². The van der Waals surface area contributed by atoms with Gasteiger partial charge in [0.2, 0.25) is 0 Å². The predicted octanol–water partition coefficient (Wildman–Crippen LogP) is 1.48. The van der Waals surface area contributed by atoms with Gasteiger partial charge in [-0.25, -0.2) is 0 Å². The van der Waals surface area contributed by atoms with Crippen molar-refractivity contribution in [3.8, 4) is 17.2 Å². The number of benzene rings is 1. The Morgan fingerprint density at radius 1 is 0.789 bits per heavy atom. The SMILES string of the molecule is COCc1c(OC)c(C=O)c(OC)c(C=O)c1OC. The summed E-state index contributed by atoms with van der Waals surface area (Å²) >= 11 is 0.